The van der Waals surface area contributed by atoms with E-state index in [-0.39, 0.29) is 31.1 Å². The number of rotatable bonds is 51. The molecule has 380 valence electrons. The number of hydrogen-bond donors (Lipinski definition) is 0. The molecular weight excluding hydrogens is 793 g/mol. The van der Waals surface area contributed by atoms with Crippen LogP contribution in [0.5, 0.6) is 0 Å². The highest BCUT2D eigenvalue weighted by Gasteiger charge is 2.19. The zero-order chi connectivity index (χ0) is 47.0. The van der Waals surface area contributed by atoms with E-state index in [4.69, 9.17) is 14.2 Å². The zero-order valence-electron chi connectivity index (χ0n) is 44.1. The Bertz CT molecular complexity index is 991. The Morgan fingerprint density at radius 3 is 0.672 bits per heavy atom. The van der Waals surface area contributed by atoms with Gasteiger partial charge in [0.15, 0.2) is 6.10 Å². The molecule has 0 saturated carbocycles. The molecule has 0 aromatic heterocycles. The van der Waals surface area contributed by atoms with Crippen molar-refractivity contribution in [2.24, 2.45) is 17.8 Å². The summed E-state index contributed by atoms with van der Waals surface area (Å²) in [6.45, 7) is 13.7. The molecule has 64 heavy (non-hydrogen) atoms. The molecule has 0 spiro atoms. The molecule has 0 aromatic rings. The monoisotopic (exact) mass is 905 g/mol. The lowest BCUT2D eigenvalue weighted by Crippen LogP contribution is -2.30. The minimum Gasteiger partial charge on any atom is -0.462 e. The third-order valence-electron chi connectivity index (χ3n) is 13.1. The van der Waals surface area contributed by atoms with Crippen LogP contribution in [0.4, 0.5) is 0 Å². The van der Waals surface area contributed by atoms with E-state index >= 15 is 0 Å². The fraction of sp³-hybridized carbons (Fsp3) is 0.948. The Hall–Kier alpha value is -1.59. The highest BCUT2D eigenvalue weighted by molar-refractivity contribution is 5.71. The SMILES string of the molecule is CC(C)CCCCCCCCCCCCCCCCCCCCC(=O)OC[C@@H](COC(=O)CCCCCCCCCCCCCC(C)C)OC(=O)CCCCCCCCCCC(C)C. The topological polar surface area (TPSA) is 78.9 Å². The van der Waals surface area contributed by atoms with Gasteiger partial charge < -0.3 is 14.2 Å². The summed E-state index contributed by atoms with van der Waals surface area (Å²) in [5.74, 6) is 1.63. The highest BCUT2D eigenvalue weighted by Crippen LogP contribution is 2.18. The van der Waals surface area contributed by atoms with Crippen molar-refractivity contribution >= 4 is 17.9 Å². The van der Waals surface area contributed by atoms with Crippen molar-refractivity contribution in [1.29, 1.82) is 0 Å². The maximum absolute atomic E-state index is 12.8. The summed E-state index contributed by atoms with van der Waals surface area (Å²) in [6.07, 6.45) is 51.1. The lowest BCUT2D eigenvalue weighted by atomic mass is 10.0. The minimum absolute atomic E-state index is 0.0642. The summed E-state index contributed by atoms with van der Waals surface area (Å²) in [5, 5.41) is 0. The van der Waals surface area contributed by atoms with E-state index in [2.05, 4.69) is 41.5 Å². The number of esters is 3. The number of hydrogen-bond acceptors (Lipinski definition) is 6. The summed E-state index contributed by atoms with van der Waals surface area (Å²) in [6, 6.07) is 0. The van der Waals surface area contributed by atoms with Crippen LogP contribution in [0.3, 0.4) is 0 Å². The van der Waals surface area contributed by atoms with Gasteiger partial charge in [-0.15, -0.1) is 0 Å². The average molecular weight is 906 g/mol. The molecule has 0 unspecified atom stereocenters. The number of ether oxygens (including phenoxy) is 3. The summed E-state index contributed by atoms with van der Waals surface area (Å²) < 4.78 is 16.9. The fourth-order valence-corrected chi connectivity index (χ4v) is 8.82. The lowest BCUT2D eigenvalue weighted by Gasteiger charge is -2.18. The number of carbonyl (C=O) groups is 3. The van der Waals surface area contributed by atoms with Crippen LogP contribution in [0.25, 0.3) is 0 Å². The van der Waals surface area contributed by atoms with Gasteiger partial charge in [0.2, 0.25) is 0 Å². The molecule has 0 amide bonds. The maximum atomic E-state index is 12.8. The van der Waals surface area contributed by atoms with Gasteiger partial charge in [0.05, 0.1) is 0 Å². The Morgan fingerprint density at radius 1 is 0.266 bits per heavy atom. The zero-order valence-corrected chi connectivity index (χ0v) is 44.1. The van der Waals surface area contributed by atoms with Gasteiger partial charge in [-0.25, -0.2) is 0 Å². The second-order valence-electron chi connectivity index (χ2n) is 21.4. The standard InChI is InChI=1S/C58H112O6/c1-52(2)44-38-32-26-20-16-13-11-9-7-8-10-12-14-18-22-29-35-41-47-56(59)62-50-55(64-58(61)49-43-37-31-25-24-28-34-40-46-54(5)6)51-63-57(60)48-42-36-30-23-19-15-17-21-27-33-39-45-53(3)4/h52-55H,7-51H2,1-6H3/t55-/m0/s1. The van der Waals surface area contributed by atoms with Crippen molar-refractivity contribution in [1.82, 2.24) is 0 Å². The normalized spacial score (nSPS) is 12.1. The molecule has 0 heterocycles. The summed E-state index contributed by atoms with van der Waals surface area (Å²) >= 11 is 0. The molecule has 0 aliphatic heterocycles. The lowest BCUT2D eigenvalue weighted by molar-refractivity contribution is -0.167. The molecule has 6 nitrogen and oxygen atoms in total. The van der Waals surface area contributed by atoms with Gasteiger partial charge in [-0.05, 0) is 37.0 Å². The smallest absolute Gasteiger partial charge is 0.306 e. The first-order valence-electron chi connectivity index (χ1n) is 28.6. The van der Waals surface area contributed by atoms with E-state index in [1.54, 1.807) is 0 Å². The molecule has 0 aromatic carbocycles. The van der Waals surface area contributed by atoms with Crippen molar-refractivity contribution < 1.29 is 28.6 Å². The van der Waals surface area contributed by atoms with Crippen molar-refractivity contribution in [3.8, 4) is 0 Å². The van der Waals surface area contributed by atoms with E-state index in [1.807, 2.05) is 0 Å². The Labute approximate surface area is 399 Å². The molecule has 0 rings (SSSR count). The van der Waals surface area contributed by atoms with Crippen LogP contribution in [0, 0.1) is 17.8 Å². The summed E-state index contributed by atoms with van der Waals surface area (Å²) in [5.41, 5.74) is 0. The molecule has 0 bridgehead atoms. The molecule has 1 atom stereocenters. The highest BCUT2D eigenvalue weighted by atomic mass is 16.6. The Balaban J connectivity index is 4.21. The predicted octanol–water partition coefficient (Wildman–Crippen LogP) is 18.7. The second-order valence-corrected chi connectivity index (χ2v) is 21.4. The molecule has 0 fully saturated rings. The van der Waals surface area contributed by atoms with Crippen molar-refractivity contribution in [2.75, 3.05) is 13.2 Å². The first-order chi connectivity index (χ1) is 31.1. The number of unbranched alkanes of at least 4 members (excludes halogenated alkanes) is 34. The average Bonchev–Trinajstić information content (AvgIpc) is 3.25. The first-order valence-corrected chi connectivity index (χ1v) is 28.6. The Morgan fingerprint density at radius 2 is 0.453 bits per heavy atom. The van der Waals surface area contributed by atoms with Gasteiger partial charge in [0.25, 0.3) is 0 Å². The van der Waals surface area contributed by atoms with E-state index in [0.29, 0.717) is 19.3 Å². The molecule has 0 aliphatic carbocycles. The second kappa shape index (κ2) is 49.3. The third kappa shape index (κ3) is 51.4. The van der Waals surface area contributed by atoms with Crippen molar-refractivity contribution in [2.45, 2.75) is 324 Å². The molecular formula is C58H112O6. The molecule has 0 aliphatic rings. The van der Waals surface area contributed by atoms with Gasteiger partial charge in [-0.2, -0.15) is 0 Å². The molecule has 0 saturated heterocycles. The van der Waals surface area contributed by atoms with E-state index < -0.39 is 6.10 Å². The van der Waals surface area contributed by atoms with E-state index in [1.165, 1.54) is 199 Å². The molecule has 0 radical (unpaired) electrons. The van der Waals surface area contributed by atoms with Crippen LogP contribution < -0.4 is 0 Å². The van der Waals surface area contributed by atoms with Crippen LogP contribution in [0.2, 0.25) is 0 Å². The van der Waals surface area contributed by atoms with Gasteiger partial charge in [-0.1, -0.05) is 279 Å². The quantitative estimate of drug-likeness (QED) is 0.0344. The van der Waals surface area contributed by atoms with Gasteiger partial charge in [-0.3, -0.25) is 14.4 Å². The first kappa shape index (κ1) is 62.4. The fourth-order valence-electron chi connectivity index (χ4n) is 8.82. The number of carbonyl (C=O) groups excluding carboxylic acids is 3. The van der Waals surface area contributed by atoms with Crippen LogP contribution in [0.15, 0.2) is 0 Å². The van der Waals surface area contributed by atoms with Crippen LogP contribution in [-0.4, -0.2) is 37.2 Å². The molecule has 0 N–H and O–H groups in total. The van der Waals surface area contributed by atoms with Crippen LogP contribution in [-0.2, 0) is 28.6 Å². The van der Waals surface area contributed by atoms with Crippen LogP contribution >= 0.6 is 0 Å². The van der Waals surface area contributed by atoms with Gasteiger partial charge in [0, 0.05) is 19.3 Å². The molecule has 6 heteroatoms. The van der Waals surface area contributed by atoms with E-state index in [0.717, 1.165) is 75.5 Å². The Kier molecular flexibility index (Phi) is 48.1. The van der Waals surface area contributed by atoms with Gasteiger partial charge >= 0.3 is 17.9 Å². The van der Waals surface area contributed by atoms with Gasteiger partial charge in [0.1, 0.15) is 13.2 Å². The largest absolute Gasteiger partial charge is 0.462 e. The predicted molar refractivity (Wildman–Crippen MR) is 275 cm³/mol. The van der Waals surface area contributed by atoms with E-state index in [9.17, 15) is 14.4 Å². The van der Waals surface area contributed by atoms with Crippen molar-refractivity contribution in [3.63, 3.8) is 0 Å². The summed E-state index contributed by atoms with van der Waals surface area (Å²) in [7, 11) is 0. The summed E-state index contributed by atoms with van der Waals surface area (Å²) in [4.78, 5) is 38.1. The maximum Gasteiger partial charge on any atom is 0.306 e. The van der Waals surface area contributed by atoms with Crippen molar-refractivity contribution in [3.05, 3.63) is 0 Å². The third-order valence-corrected chi connectivity index (χ3v) is 13.1. The van der Waals surface area contributed by atoms with Crippen LogP contribution in [0.1, 0.15) is 318 Å². The minimum atomic E-state index is -0.763.